The largest absolute Gasteiger partial charge is 0.416 e. The third kappa shape index (κ3) is 5.62. The van der Waals surface area contributed by atoms with Crippen LogP contribution in [0.5, 0.6) is 0 Å². The maximum atomic E-state index is 13.2. The van der Waals surface area contributed by atoms with Crippen LogP contribution in [0.2, 0.25) is 0 Å². The molecule has 1 N–H and O–H groups in total. The van der Waals surface area contributed by atoms with Crippen LogP contribution in [-0.4, -0.2) is 26.5 Å². The Kier molecular flexibility index (Phi) is 6.85. The molecule has 0 bridgehead atoms. The maximum absolute atomic E-state index is 13.2. The van der Waals surface area contributed by atoms with Gasteiger partial charge in [-0.25, -0.2) is 4.98 Å². The second-order valence-electron chi connectivity index (χ2n) is 7.60. The van der Waals surface area contributed by atoms with Crippen LogP contribution in [0.15, 0.2) is 69.4 Å². The lowest BCUT2D eigenvalue weighted by Gasteiger charge is -2.14. The lowest BCUT2D eigenvalue weighted by atomic mass is 10.2. The number of benzene rings is 2. The molecular weight excluding hydrogens is 471 g/mol. The van der Waals surface area contributed by atoms with Gasteiger partial charge in [0.05, 0.1) is 28.5 Å². The number of carbonyl (C=O) groups excluding carboxylic acids is 1. The fourth-order valence-electron chi connectivity index (χ4n) is 3.45. The van der Waals surface area contributed by atoms with E-state index in [-0.39, 0.29) is 22.2 Å². The number of anilines is 1. The van der Waals surface area contributed by atoms with Crippen molar-refractivity contribution in [1.29, 1.82) is 0 Å². The fourth-order valence-corrected chi connectivity index (χ4v) is 5.38. The van der Waals surface area contributed by atoms with Gasteiger partial charge in [-0.1, -0.05) is 55.1 Å². The number of thioether (sulfide) groups is 2. The zero-order chi connectivity index (χ0) is 23.6. The number of hydrogen-bond acceptors (Lipinski definition) is 5. The van der Waals surface area contributed by atoms with Crippen molar-refractivity contribution >= 4 is 35.1 Å². The number of halogens is 3. The first-order chi connectivity index (χ1) is 15.7. The molecule has 1 atom stereocenters. The van der Waals surface area contributed by atoms with E-state index < -0.39 is 17.6 Å². The molecule has 1 aliphatic rings. The Morgan fingerprint density at radius 3 is 2.70 bits per heavy atom. The molecule has 1 aromatic heterocycles. The van der Waals surface area contributed by atoms with E-state index in [1.165, 1.54) is 23.9 Å². The molecule has 10 heteroatoms. The summed E-state index contributed by atoms with van der Waals surface area (Å²) in [5.74, 6) is -0.582. The molecule has 0 saturated carbocycles. The average Bonchev–Trinajstić information content (AvgIpc) is 3.15. The normalized spacial score (nSPS) is 15.3. The molecule has 1 aliphatic heterocycles. The van der Waals surface area contributed by atoms with Crippen LogP contribution < -0.4 is 10.9 Å². The van der Waals surface area contributed by atoms with Gasteiger partial charge in [0.1, 0.15) is 0 Å². The molecule has 0 fully saturated rings. The molecule has 1 amide bonds. The third-order valence-corrected chi connectivity index (χ3v) is 7.14. The molecule has 5 nitrogen and oxygen atoms in total. The van der Waals surface area contributed by atoms with Crippen LogP contribution >= 0.6 is 23.5 Å². The van der Waals surface area contributed by atoms with Crippen molar-refractivity contribution in [1.82, 2.24) is 9.55 Å². The minimum Gasteiger partial charge on any atom is -0.325 e. The molecule has 0 spiro atoms. The Morgan fingerprint density at radius 2 is 1.97 bits per heavy atom. The van der Waals surface area contributed by atoms with Crippen LogP contribution in [-0.2, 0) is 23.9 Å². The molecule has 1 unspecified atom stereocenters. The van der Waals surface area contributed by atoms with Gasteiger partial charge in [-0.2, -0.15) is 13.2 Å². The van der Waals surface area contributed by atoms with Gasteiger partial charge in [-0.3, -0.25) is 14.2 Å². The van der Waals surface area contributed by atoms with Gasteiger partial charge in [0.15, 0.2) is 5.16 Å². The minimum atomic E-state index is -4.49. The number of rotatable bonds is 6. The van der Waals surface area contributed by atoms with Crippen molar-refractivity contribution < 1.29 is 18.0 Å². The topological polar surface area (TPSA) is 64.0 Å². The summed E-state index contributed by atoms with van der Waals surface area (Å²) in [5, 5.41) is 3.15. The Labute approximate surface area is 196 Å². The summed E-state index contributed by atoms with van der Waals surface area (Å²) in [6.07, 6.45) is -3.82. The molecule has 33 heavy (non-hydrogen) atoms. The summed E-state index contributed by atoms with van der Waals surface area (Å²) in [6, 6.07) is 13.9. The van der Waals surface area contributed by atoms with E-state index >= 15 is 0 Å². The number of hydrogen-bond donors (Lipinski definition) is 1. The number of alkyl halides is 3. The van der Waals surface area contributed by atoms with Crippen LogP contribution in [0.25, 0.3) is 0 Å². The van der Waals surface area contributed by atoms with Gasteiger partial charge in [0.25, 0.3) is 5.56 Å². The first kappa shape index (κ1) is 23.4. The Hall–Kier alpha value is -2.72. The quantitative estimate of drug-likeness (QED) is 0.385. The van der Waals surface area contributed by atoms with E-state index in [1.54, 1.807) is 4.57 Å². The standard InChI is InChI=1S/C23H20F3N3O2S2/c1-14-10-18-20(33-14)21(31)29(12-15-6-3-2-4-7-15)22(28-18)32-13-19(30)27-17-9-5-8-16(11-17)23(24,25)26/h2-9,11,14H,10,12-13H2,1H3,(H,27,30). The first-order valence-corrected chi connectivity index (χ1v) is 12.0. The maximum Gasteiger partial charge on any atom is 0.416 e. The third-order valence-electron chi connectivity index (χ3n) is 4.95. The van der Waals surface area contributed by atoms with Gasteiger partial charge < -0.3 is 5.32 Å². The predicted molar refractivity (Wildman–Crippen MR) is 124 cm³/mol. The van der Waals surface area contributed by atoms with Crippen molar-refractivity contribution in [3.8, 4) is 0 Å². The van der Waals surface area contributed by atoms with Crippen LogP contribution in [0.3, 0.4) is 0 Å². The number of nitrogens with zero attached hydrogens (tertiary/aromatic N) is 2. The summed E-state index contributed by atoms with van der Waals surface area (Å²) >= 11 is 2.60. The monoisotopic (exact) mass is 491 g/mol. The molecule has 0 saturated heterocycles. The summed E-state index contributed by atoms with van der Waals surface area (Å²) in [4.78, 5) is 30.9. The van der Waals surface area contributed by atoms with Gasteiger partial charge >= 0.3 is 6.18 Å². The summed E-state index contributed by atoms with van der Waals surface area (Å²) < 4.78 is 40.3. The fraction of sp³-hybridized carbons (Fsp3) is 0.261. The van der Waals surface area contributed by atoms with Gasteiger partial charge in [-0.15, -0.1) is 11.8 Å². The van der Waals surface area contributed by atoms with Gasteiger partial charge in [-0.05, 0) is 23.8 Å². The highest BCUT2D eigenvalue weighted by atomic mass is 32.2. The van der Waals surface area contributed by atoms with Crippen LogP contribution in [0.1, 0.15) is 23.7 Å². The first-order valence-electron chi connectivity index (χ1n) is 10.1. The highest BCUT2D eigenvalue weighted by Gasteiger charge is 2.30. The molecule has 0 radical (unpaired) electrons. The minimum absolute atomic E-state index is 0.0595. The smallest absolute Gasteiger partial charge is 0.325 e. The zero-order valence-electron chi connectivity index (χ0n) is 17.6. The summed E-state index contributed by atoms with van der Waals surface area (Å²) in [6.45, 7) is 2.34. The van der Waals surface area contributed by atoms with E-state index in [1.807, 2.05) is 37.3 Å². The Bertz CT molecular complexity index is 1230. The highest BCUT2D eigenvalue weighted by Crippen LogP contribution is 2.34. The van der Waals surface area contributed by atoms with E-state index in [4.69, 9.17) is 0 Å². The predicted octanol–water partition coefficient (Wildman–Crippen LogP) is 5.08. The second-order valence-corrected chi connectivity index (χ2v) is 9.99. The lowest BCUT2D eigenvalue weighted by Crippen LogP contribution is -2.26. The lowest BCUT2D eigenvalue weighted by molar-refractivity contribution is -0.137. The van der Waals surface area contributed by atoms with E-state index in [0.29, 0.717) is 23.0 Å². The van der Waals surface area contributed by atoms with Gasteiger partial charge in [0.2, 0.25) is 5.91 Å². The molecule has 3 aromatic rings. The van der Waals surface area contributed by atoms with E-state index in [9.17, 15) is 22.8 Å². The molecular formula is C23H20F3N3O2S2. The number of carbonyl (C=O) groups is 1. The molecule has 4 rings (SSSR count). The Morgan fingerprint density at radius 1 is 1.21 bits per heavy atom. The Balaban J connectivity index is 1.54. The van der Waals surface area contributed by atoms with Crippen LogP contribution in [0.4, 0.5) is 18.9 Å². The number of nitrogens with one attached hydrogen (secondary N) is 1. The van der Waals surface area contributed by atoms with Crippen molar-refractivity contribution in [3.63, 3.8) is 0 Å². The van der Waals surface area contributed by atoms with Crippen LogP contribution in [0, 0.1) is 0 Å². The molecule has 172 valence electrons. The molecule has 0 aliphatic carbocycles. The van der Waals surface area contributed by atoms with Gasteiger partial charge in [0, 0.05) is 17.4 Å². The highest BCUT2D eigenvalue weighted by molar-refractivity contribution is 8.00. The van der Waals surface area contributed by atoms with Crippen molar-refractivity contribution in [2.45, 2.75) is 41.4 Å². The molecule has 2 heterocycles. The zero-order valence-corrected chi connectivity index (χ0v) is 19.2. The van der Waals surface area contributed by atoms with E-state index in [0.717, 1.165) is 35.2 Å². The number of aromatic nitrogens is 2. The second kappa shape index (κ2) is 9.64. The van der Waals surface area contributed by atoms with E-state index in [2.05, 4.69) is 10.3 Å². The number of fused-ring (bicyclic) bond motifs is 1. The summed E-state index contributed by atoms with van der Waals surface area (Å²) in [5.41, 5.74) is 0.732. The molecule has 2 aromatic carbocycles. The SMILES string of the molecule is CC1Cc2nc(SCC(=O)Nc3cccc(C(F)(F)F)c3)n(Cc3ccccc3)c(=O)c2S1. The average molecular weight is 492 g/mol. The number of amides is 1. The summed E-state index contributed by atoms with van der Waals surface area (Å²) in [7, 11) is 0. The van der Waals surface area contributed by atoms with Crippen molar-refractivity contribution in [2.24, 2.45) is 0 Å². The van der Waals surface area contributed by atoms with Crippen molar-refractivity contribution in [3.05, 3.63) is 81.8 Å². The van der Waals surface area contributed by atoms with Crippen molar-refractivity contribution in [2.75, 3.05) is 11.1 Å².